The number of rotatable bonds is 5. The van der Waals surface area contributed by atoms with Crippen molar-refractivity contribution in [1.82, 2.24) is 5.32 Å². The standard InChI is InChI=1S/C14H17FN2O4/c1-7(2)11(16-8(3)18)13(19)17-12-9(14(20)21)5-4-6-10(12)15/h4-7,11H,1-3H3,(H,16,18)(H,17,19)(H,20,21). The topological polar surface area (TPSA) is 95.5 Å². The highest BCUT2D eigenvalue weighted by Crippen LogP contribution is 2.20. The Bertz CT molecular complexity index is 572. The Labute approximate surface area is 121 Å². The maximum Gasteiger partial charge on any atom is 0.337 e. The number of anilines is 1. The van der Waals surface area contributed by atoms with Gasteiger partial charge in [-0.05, 0) is 18.1 Å². The van der Waals surface area contributed by atoms with E-state index in [4.69, 9.17) is 5.11 Å². The van der Waals surface area contributed by atoms with Gasteiger partial charge in [0.1, 0.15) is 11.9 Å². The van der Waals surface area contributed by atoms with Crippen LogP contribution < -0.4 is 10.6 Å². The molecular weight excluding hydrogens is 279 g/mol. The number of nitrogens with one attached hydrogen (secondary N) is 2. The number of benzene rings is 1. The van der Waals surface area contributed by atoms with E-state index in [0.717, 1.165) is 6.07 Å². The first kappa shape index (κ1) is 16.6. The van der Waals surface area contributed by atoms with Crippen LogP contribution in [-0.4, -0.2) is 28.9 Å². The number of para-hydroxylation sites is 1. The van der Waals surface area contributed by atoms with Gasteiger partial charge in [0.05, 0.1) is 11.3 Å². The van der Waals surface area contributed by atoms with Crippen LogP contribution in [0, 0.1) is 11.7 Å². The van der Waals surface area contributed by atoms with Crippen LogP contribution in [0.5, 0.6) is 0 Å². The van der Waals surface area contributed by atoms with Crippen LogP contribution in [0.25, 0.3) is 0 Å². The van der Waals surface area contributed by atoms with Crippen molar-refractivity contribution in [3.63, 3.8) is 0 Å². The number of carbonyl (C=O) groups is 3. The molecule has 1 atom stereocenters. The van der Waals surface area contributed by atoms with Gasteiger partial charge in [-0.15, -0.1) is 0 Å². The molecule has 0 saturated carbocycles. The maximum absolute atomic E-state index is 13.7. The van der Waals surface area contributed by atoms with Gasteiger partial charge in [0, 0.05) is 6.92 Å². The van der Waals surface area contributed by atoms with E-state index >= 15 is 0 Å². The minimum atomic E-state index is -1.36. The summed E-state index contributed by atoms with van der Waals surface area (Å²) in [6.07, 6.45) is 0. The lowest BCUT2D eigenvalue weighted by atomic mass is 10.0. The second kappa shape index (κ2) is 6.83. The predicted octanol–water partition coefficient (Wildman–Crippen LogP) is 1.62. The molecule has 0 spiro atoms. The first-order valence-corrected chi connectivity index (χ1v) is 6.33. The van der Waals surface area contributed by atoms with Crippen molar-refractivity contribution in [3.05, 3.63) is 29.6 Å². The summed E-state index contributed by atoms with van der Waals surface area (Å²) in [5.41, 5.74) is -0.764. The fourth-order valence-electron chi connectivity index (χ4n) is 1.78. The summed E-state index contributed by atoms with van der Waals surface area (Å²) in [4.78, 5) is 34.3. The number of hydrogen-bond acceptors (Lipinski definition) is 3. The van der Waals surface area contributed by atoms with E-state index in [-0.39, 0.29) is 11.5 Å². The SMILES string of the molecule is CC(=O)NC(C(=O)Nc1c(F)cccc1C(=O)O)C(C)C. The largest absolute Gasteiger partial charge is 0.478 e. The van der Waals surface area contributed by atoms with Crippen molar-refractivity contribution in [2.75, 3.05) is 5.32 Å². The third kappa shape index (κ3) is 4.27. The Morgan fingerprint density at radius 1 is 1.24 bits per heavy atom. The lowest BCUT2D eigenvalue weighted by molar-refractivity contribution is -0.126. The van der Waals surface area contributed by atoms with Gasteiger partial charge < -0.3 is 15.7 Å². The number of carbonyl (C=O) groups excluding carboxylic acids is 2. The van der Waals surface area contributed by atoms with Gasteiger partial charge in [-0.2, -0.15) is 0 Å². The first-order valence-electron chi connectivity index (χ1n) is 6.33. The Morgan fingerprint density at radius 3 is 2.33 bits per heavy atom. The third-order valence-corrected chi connectivity index (χ3v) is 2.80. The quantitative estimate of drug-likeness (QED) is 0.769. The summed E-state index contributed by atoms with van der Waals surface area (Å²) < 4.78 is 13.7. The van der Waals surface area contributed by atoms with Crippen molar-refractivity contribution >= 4 is 23.5 Å². The number of aromatic carboxylic acids is 1. The van der Waals surface area contributed by atoms with Gasteiger partial charge in [-0.25, -0.2) is 9.18 Å². The summed E-state index contributed by atoms with van der Waals surface area (Å²) in [5, 5.41) is 13.7. The molecule has 114 valence electrons. The summed E-state index contributed by atoms with van der Waals surface area (Å²) >= 11 is 0. The number of hydrogen-bond donors (Lipinski definition) is 3. The smallest absolute Gasteiger partial charge is 0.337 e. The highest BCUT2D eigenvalue weighted by molar-refractivity contribution is 6.03. The monoisotopic (exact) mass is 296 g/mol. The maximum atomic E-state index is 13.7. The number of halogens is 1. The molecule has 3 N–H and O–H groups in total. The van der Waals surface area contributed by atoms with Crippen molar-refractivity contribution in [2.45, 2.75) is 26.8 Å². The van der Waals surface area contributed by atoms with Crippen molar-refractivity contribution in [2.24, 2.45) is 5.92 Å². The number of carboxylic acids is 1. The molecule has 1 aromatic carbocycles. The summed E-state index contributed by atoms with van der Waals surface area (Å²) in [6, 6.07) is 2.58. The molecule has 0 radical (unpaired) electrons. The van der Waals surface area contributed by atoms with E-state index < -0.39 is 35.3 Å². The summed E-state index contributed by atoms with van der Waals surface area (Å²) in [6.45, 7) is 4.67. The average Bonchev–Trinajstić information content (AvgIpc) is 2.37. The molecule has 0 heterocycles. The normalized spacial score (nSPS) is 11.9. The minimum absolute atomic E-state index is 0.242. The summed E-state index contributed by atoms with van der Waals surface area (Å²) in [7, 11) is 0. The molecule has 0 fully saturated rings. The van der Waals surface area contributed by atoms with Gasteiger partial charge in [0.15, 0.2) is 0 Å². The third-order valence-electron chi connectivity index (χ3n) is 2.80. The molecule has 1 rings (SSSR count). The van der Waals surface area contributed by atoms with E-state index in [0.29, 0.717) is 0 Å². The summed E-state index contributed by atoms with van der Waals surface area (Å²) in [5.74, 6) is -3.53. The van der Waals surface area contributed by atoms with Crippen molar-refractivity contribution < 1.29 is 23.9 Å². The van der Waals surface area contributed by atoms with Crippen LogP contribution in [-0.2, 0) is 9.59 Å². The molecule has 1 aromatic rings. The molecule has 0 aliphatic heterocycles. The van der Waals surface area contributed by atoms with E-state index in [9.17, 15) is 18.8 Å². The van der Waals surface area contributed by atoms with Crippen LogP contribution in [0.1, 0.15) is 31.1 Å². The van der Waals surface area contributed by atoms with E-state index in [2.05, 4.69) is 10.6 Å². The first-order chi connectivity index (χ1) is 9.73. The van der Waals surface area contributed by atoms with Crippen LogP contribution in [0.2, 0.25) is 0 Å². The second-order valence-electron chi connectivity index (χ2n) is 4.88. The van der Waals surface area contributed by atoms with Crippen LogP contribution in [0.4, 0.5) is 10.1 Å². The molecular formula is C14H17FN2O4. The van der Waals surface area contributed by atoms with Gasteiger partial charge in [-0.3, -0.25) is 9.59 Å². The molecule has 2 amide bonds. The van der Waals surface area contributed by atoms with Gasteiger partial charge in [0.25, 0.3) is 0 Å². The zero-order chi connectivity index (χ0) is 16.2. The van der Waals surface area contributed by atoms with Gasteiger partial charge in [0.2, 0.25) is 11.8 Å². The number of carboxylic acid groups (broad SMARTS) is 1. The number of amides is 2. The lowest BCUT2D eigenvalue weighted by Gasteiger charge is -2.21. The van der Waals surface area contributed by atoms with Crippen LogP contribution in [0.15, 0.2) is 18.2 Å². The Kier molecular flexibility index (Phi) is 5.40. The van der Waals surface area contributed by atoms with E-state index in [1.807, 2.05) is 0 Å². The highest BCUT2D eigenvalue weighted by Gasteiger charge is 2.25. The Hall–Kier alpha value is -2.44. The molecule has 0 aliphatic carbocycles. The van der Waals surface area contributed by atoms with Crippen molar-refractivity contribution in [1.29, 1.82) is 0 Å². The molecule has 0 bridgehead atoms. The zero-order valence-electron chi connectivity index (χ0n) is 11.9. The minimum Gasteiger partial charge on any atom is -0.478 e. The van der Waals surface area contributed by atoms with Crippen molar-refractivity contribution in [3.8, 4) is 0 Å². The lowest BCUT2D eigenvalue weighted by Crippen LogP contribution is -2.46. The van der Waals surface area contributed by atoms with E-state index in [1.54, 1.807) is 13.8 Å². The van der Waals surface area contributed by atoms with Crippen LogP contribution >= 0.6 is 0 Å². The predicted molar refractivity (Wildman–Crippen MR) is 74.4 cm³/mol. The van der Waals surface area contributed by atoms with Crippen LogP contribution in [0.3, 0.4) is 0 Å². The zero-order valence-corrected chi connectivity index (χ0v) is 11.9. The molecule has 0 saturated heterocycles. The Morgan fingerprint density at radius 2 is 1.86 bits per heavy atom. The molecule has 0 aromatic heterocycles. The highest BCUT2D eigenvalue weighted by atomic mass is 19.1. The fraction of sp³-hybridized carbons (Fsp3) is 0.357. The molecule has 1 unspecified atom stereocenters. The molecule has 7 heteroatoms. The molecule has 21 heavy (non-hydrogen) atoms. The fourth-order valence-corrected chi connectivity index (χ4v) is 1.78. The molecule has 6 nitrogen and oxygen atoms in total. The average molecular weight is 296 g/mol. The molecule has 0 aliphatic rings. The van der Waals surface area contributed by atoms with E-state index in [1.165, 1.54) is 19.1 Å². The van der Waals surface area contributed by atoms with Gasteiger partial charge >= 0.3 is 5.97 Å². The van der Waals surface area contributed by atoms with Gasteiger partial charge in [-0.1, -0.05) is 19.9 Å². The second-order valence-corrected chi connectivity index (χ2v) is 4.88. The Balaban J connectivity index is 3.07.